The minimum absolute atomic E-state index is 0.235. The quantitative estimate of drug-likeness (QED) is 0.791. The van der Waals surface area contributed by atoms with Crippen LogP contribution in [0.25, 0.3) is 10.8 Å². The fraction of sp³-hybridized carbons (Fsp3) is 0.167. The van der Waals surface area contributed by atoms with Gasteiger partial charge in [0, 0.05) is 6.54 Å². The van der Waals surface area contributed by atoms with Crippen LogP contribution < -0.4 is 5.73 Å². The Morgan fingerprint density at radius 1 is 1.06 bits per heavy atom. The normalized spacial score (nSPS) is 12.0. The first-order valence-corrected chi connectivity index (χ1v) is 4.81. The second-order valence-corrected chi connectivity index (χ2v) is 3.55. The van der Waals surface area contributed by atoms with E-state index < -0.39 is 11.7 Å². The molecule has 0 unspecified atom stereocenters. The van der Waals surface area contributed by atoms with E-state index >= 15 is 0 Å². The zero-order valence-electron chi connectivity index (χ0n) is 8.38. The summed E-state index contributed by atoms with van der Waals surface area (Å²) in [5, 5.41) is 1.34. The molecule has 0 amide bonds. The largest absolute Gasteiger partial charge is 0.416 e. The number of halogens is 3. The molecule has 2 aromatic carbocycles. The lowest BCUT2D eigenvalue weighted by molar-refractivity contribution is -0.137. The van der Waals surface area contributed by atoms with Gasteiger partial charge in [-0.3, -0.25) is 0 Å². The molecule has 1 nitrogen and oxygen atoms in total. The van der Waals surface area contributed by atoms with Gasteiger partial charge in [0.25, 0.3) is 0 Å². The summed E-state index contributed by atoms with van der Waals surface area (Å²) < 4.78 is 37.6. The molecule has 0 bridgehead atoms. The third kappa shape index (κ3) is 1.88. The maximum absolute atomic E-state index is 12.5. The van der Waals surface area contributed by atoms with Crippen LogP contribution in [0.15, 0.2) is 36.4 Å². The molecule has 0 aliphatic heterocycles. The van der Waals surface area contributed by atoms with Gasteiger partial charge in [-0.15, -0.1) is 0 Å². The van der Waals surface area contributed by atoms with Gasteiger partial charge in [-0.1, -0.05) is 24.3 Å². The first-order chi connectivity index (χ1) is 7.52. The van der Waals surface area contributed by atoms with Crippen molar-refractivity contribution in [1.29, 1.82) is 0 Å². The molecule has 0 saturated heterocycles. The van der Waals surface area contributed by atoms with Gasteiger partial charge < -0.3 is 5.73 Å². The third-order valence-electron chi connectivity index (χ3n) is 2.52. The average molecular weight is 225 g/mol. The zero-order valence-corrected chi connectivity index (χ0v) is 8.38. The number of nitrogens with two attached hydrogens (primary N) is 1. The van der Waals surface area contributed by atoms with Crippen LogP contribution >= 0.6 is 0 Å². The summed E-state index contributed by atoms with van der Waals surface area (Å²) in [7, 11) is 0. The predicted octanol–water partition coefficient (Wildman–Crippen LogP) is 3.32. The summed E-state index contributed by atoms with van der Waals surface area (Å²) in [6, 6.07) is 9.01. The van der Waals surface area contributed by atoms with Gasteiger partial charge in [-0.2, -0.15) is 13.2 Å². The van der Waals surface area contributed by atoms with Crippen LogP contribution in [0, 0.1) is 0 Å². The molecule has 16 heavy (non-hydrogen) atoms. The number of alkyl halides is 3. The highest BCUT2D eigenvalue weighted by atomic mass is 19.4. The van der Waals surface area contributed by atoms with E-state index in [0.29, 0.717) is 5.39 Å². The highest BCUT2D eigenvalue weighted by Gasteiger charge is 2.30. The molecule has 0 fully saturated rings. The van der Waals surface area contributed by atoms with E-state index in [0.717, 1.165) is 23.1 Å². The van der Waals surface area contributed by atoms with E-state index in [2.05, 4.69) is 0 Å². The van der Waals surface area contributed by atoms with Gasteiger partial charge in [0.15, 0.2) is 0 Å². The van der Waals surface area contributed by atoms with Gasteiger partial charge >= 0.3 is 6.18 Å². The monoisotopic (exact) mass is 225 g/mol. The maximum atomic E-state index is 12.5. The molecule has 2 N–H and O–H groups in total. The van der Waals surface area contributed by atoms with Crippen molar-refractivity contribution in [1.82, 2.24) is 0 Å². The number of hydrogen-bond acceptors (Lipinski definition) is 1. The van der Waals surface area contributed by atoms with E-state index in [1.165, 1.54) is 6.07 Å². The lowest BCUT2D eigenvalue weighted by atomic mass is 10.0. The highest BCUT2D eigenvalue weighted by Crippen LogP contribution is 2.32. The number of hydrogen-bond donors (Lipinski definition) is 1. The Morgan fingerprint density at radius 2 is 1.81 bits per heavy atom. The summed E-state index contributed by atoms with van der Waals surface area (Å²) in [6.07, 6.45) is -4.31. The van der Waals surface area contributed by atoms with E-state index in [1.807, 2.05) is 0 Å². The average Bonchev–Trinajstić information content (AvgIpc) is 2.26. The van der Waals surface area contributed by atoms with Gasteiger partial charge in [-0.05, 0) is 28.5 Å². The van der Waals surface area contributed by atoms with Crippen molar-refractivity contribution in [3.63, 3.8) is 0 Å². The van der Waals surface area contributed by atoms with Gasteiger partial charge in [-0.25, -0.2) is 0 Å². The van der Waals surface area contributed by atoms with E-state index in [9.17, 15) is 13.2 Å². The summed E-state index contributed by atoms with van der Waals surface area (Å²) in [4.78, 5) is 0. The van der Waals surface area contributed by atoms with Crippen LogP contribution in [0.5, 0.6) is 0 Å². The molecule has 0 aliphatic rings. The van der Waals surface area contributed by atoms with Crippen LogP contribution in [-0.4, -0.2) is 0 Å². The van der Waals surface area contributed by atoms with Crippen molar-refractivity contribution in [2.45, 2.75) is 12.7 Å². The van der Waals surface area contributed by atoms with Crippen LogP contribution in [0.1, 0.15) is 11.1 Å². The first-order valence-electron chi connectivity index (χ1n) is 4.81. The molecule has 0 aromatic heterocycles. The van der Waals surface area contributed by atoms with Crippen LogP contribution in [0.4, 0.5) is 13.2 Å². The summed E-state index contributed by atoms with van der Waals surface area (Å²) in [5.74, 6) is 0. The summed E-state index contributed by atoms with van der Waals surface area (Å²) in [6.45, 7) is 0.235. The molecule has 0 spiro atoms. The molecule has 0 atom stereocenters. The number of fused-ring (bicyclic) bond motifs is 1. The fourth-order valence-electron chi connectivity index (χ4n) is 1.69. The van der Waals surface area contributed by atoms with Crippen molar-refractivity contribution in [3.8, 4) is 0 Å². The van der Waals surface area contributed by atoms with Crippen LogP contribution in [0.3, 0.4) is 0 Å². The molecule has 2 rings (SSSR count). The Bertz CT molecular complexity index is 517. The molecule has 2 aromatic rings. The van der Waals surface area contributed by atoms with Crippen molar-refractivity contribution >= 4 is 10.8 Å². The molecule has 0 heterocycles. The van der Waals surface area contributed by atoms with Crippen molar-refractivity contribution in [3.05, 3.63) is 47.5 Å². The number of benzene rings is 2. The molecular weight excluding hydrogens is 215 g/mol. The molecule has 0 saturated carbocycles. The lowest BCUT2D eigenvalue weighted by Gasteiger charge is -2.09. The Kier molecular flexibility index (Phi) is 2.59. The Morgan fingerprint density at radius 3 is 2.44 bits per heavy atom. The first kappa shape index (κ1) is 11.0. The Balaban J connectivity index is 2.68. The zero-order chi connectivity index (χ0) is 11.8. The minimum atomic E-state index is -4.31. The summed E-state index contributed by atoms with van der Waals surface area (Å²) >= 11 is 0. The molecular formula is C12H10F3N. The Hall–Kier alpha value is -1.55. The second kappa shape index (κ2) is 3.79. The topological polar surface area (TPSA) is 26.0 Å². The fourth-order valence-corrected chi connectivity index (χ4v) is 1.69. The molecule has 0 radical (unpaired) electrons. The van der Waals surface area contributed by atoms with Crippen LogP contribution in [0.2, 0.25) is 0 Å². The lowest BCUT2D eigenvalue weighted by Crippen LogP contribution is -2.05. The predicted molar refractivity (Wildman–Crippen MR) is 56.8 cm³/mol. The van der Waals surface area contributed by atoms with E-state index in [-0.39, 0.29) is 6.54 Å². The maximum Gasteiger partial charge on any atom is 0.416 e. The Labute approximate surface area is 90.7 Å². The van der Waals surface area contributed by atoms with E-state index in [1.54, 1.807) is 18.2 Å². The second-order valence-electron chi connectivity index (χ2n) is 3.55. The summed E-state index contributed by atoms with van der Waals surface area (Å²) in [5.41, 5.74) is 5.58. The van der Waals surface area contributed by atoms with Gasteiger partial charge in [0.05, 0.1) is 5.56 Å². The van der Waals surface area contributed by atoms with Crippen molar-refractivity contribution < 1.29 is 13.2 Å². The third-order valence-corrected chi connectivity index (χ3v) is 2.52. The molecule has 0 aliphatic carbocycles. The van der Waals surface area contributed by atoms with Crippen molar-refractivity contribution in [2.24, 2.45) is 5.73 Å². The molecule has 84 valence electrons. The minimum Gasteiger partial charge on any atom is -0.326 e. The number of rotatable bonds is 1. The van der Waals surface area contributed by atoms with E-state index in [4.69, 9.17) is 5.73 Å². The van der Waals surface area contributed by atoms with Gasteiger partial charge in [0.1, 0.15) is 0 Å². The molecule has 4 heteroatoms. The highest BCUT2D eigenvalue weighted by molar-refractivity contribution is 5.86. The standard InChI is InChI=1S/C12H10F3N/c13-12(14,15)10-5-4-8-2-1-3-9(7-16)11(8)6-10/h1-6H,7,16H2. The van der Waals surface area contributed by atoms with Crippen molar-refractivity contribution in [2.75, 3.05) is 0 Å². The van der Waals surface area contributed by atoms with Gasteiger partial charge in [0.2, 0.25) is 0 Å². The smallest absolute Gasteiger partial charge is 0.326 e. The van der Waals surface area contributed by atoms with Crippen LogP contribution in [-0.2, 0) is 12.7 Å². The SMILES string of the molecule is NCc1cccc2ccc(C(F)(F)F)cc12.